The zero-order chi connectivity index (χ0) is 15.1. The molecule has 2 aromatic rings. The second-order valence-corrected chi connectivity index (χ2v) is 5.91. The van der Waals surface area contributed by atoms with Crippen LogP contribution in [0.25, 0.3) is 0 Å². The summed E-state index contributed by atoms with van der Waals surface area (Å²) in [5.74, 6) is -0.187. The highest BCUT2D eigenvalue weighted by Gasteiger charge is 2.12. The van der Waals surface area contributed by atoms with Crippen LogP contribution in [0.4, 0.5) is 4.39 Å². The third-order valence-electron chi connectivity index (χ3n) is 3.44. The molecule has 2 rings (SSSR count). The highest BCUT2D eigenvalue weighted by molar-refractivity contribution is 9.10. The van der Waals surface area contributed by atoms with Gasteiger partial charge in [-0.15, -0.1) is 0 Å². The Labute approximate surface area is 133 Å². The maximum atomic E-state index is 13.4. The molecule has 1 N–H and O–H groups in total. The molecule has 1 aromatic heterocycles. The Bertz CT molecular complexity index is 560. The molecule has 2 nitrogen and oxygen atoms in total. The van der Waals surface area contributed by atoms with E-state index in [9.17, 15) is 4.39 Å². The molecular weight excluding hydrogens is 331 g/mol. The van der Waals surface area contributed by atoms with Crippen molar-refractivity contribution < 1.29 is 4.39 Å². The first-order chi connectivity index (χ1) is 10.2. The second-order valence-electron chi connectivity index (χ2n) is 5.05. The van der Waals surface area contributed by atoms with E-state index >= 15 is 0 Å². The Kier molecular flexibility index (Phi) is 6.33. The fourth-order valence-electron chi connectivity index (χ4n) is 2.40. The van der Waals surface area contributed by atoms with E-state index in [-0.39, 0.29) is 5.82 Å². The third-order valence-corrected chi connectivity index (χ3v) is 4.22. The summed E-state index contributed by atoms with van der Waals surface area (Å²) in [5.41, 5.74) is 2.10. The van der Waals surface area contributed by atoms with Gasteiger partial charge in [-0.2, -0.15) is 0 Å². The molecule has 0 saturated carbocycles. The smallest absolute Gasteiger partial charge is 0.123 e. The SMILES string of the molecule is CCNC(CCc1ccccn1)Cc1cc(F)ccc1Br. The largest absolute Gasteiger partial charge is 0.314 e. The topological polar surface area (TPSA) is 24.9 Å². The van der Waals surface area contributed by atoms with Gasteiger partial charge in [0.1, 0.15) is 5.82 Å². The van der Waals surface area contributed by atoms with Crippen LogP contribution in [0.2, 0.25) is 0 Å². The first-order valence-corrected chi connectivity index (χ1v) is 8.05. The maximum Gasteiger partial charge on any atom is 0.123 e. The van der Waals surface area contributed by atoms with Crippen molar-refractivity contribution in [1.82, 2.24) is 10.3 Å². The molecule has 0 saturated heterocycles. The highest BCUT2D eigenvalue weighted by Crippen LogP contribution is 2.20. The van der Waals surface area contributed by atoms with Crippen LogP contribution in [0, 0.1) is 5.82 Å². The van der Waals surface area contributed by atoms with E-state index in [1.54, 1.807) is 12.1 Å². The van der Waals surface area contributed by atoms with Crippen molar-refractivity contribution in [1.29, 1.82) is 0 Å². The molecule has 21 heavy (non-hydrogen) atoms. The van der Waals surface area contributed by atoms with E-state index in [4.69, 9.17) is 0 Å². The summed E-state index contributed by atoms with van der Waals surface area (Å²) in [7, 11) is 0. The molecule has 112 valence electrons. The van der Waals surface area contributed by atoms with Crippen LogP contribution in [0.1, 0.15) is 24.6 Å². The molecule has 0 aliphatic heterocycles. The predicted octanol–water partition coefficient (Wildman–Crippen LogP) is 4.14. The molecule has 0 aliphatic rings. The lowest BCUT2D eigenvalue weighted by Crippen LogP contribution is -2.31. The quantitative estimate of drug-likeness (QED) is 0.811. The molecule has 1 atom stereocenters. The van der Waals surface area contributed by atoms with Gasteiger partial charge in [0.2, 0.25) is 0 Å². The van der Waals surface area contributed by atoms with Crippen LogP contribution in [-0.4, -0.2) is 17.6 Å². The van der Waals surface area contributed by atoms with Crippen LogP contribution in [0.3, 0.4) is 0 Å². The Balaban J connectivity index is 2.00. The van der Waals surface area contributed by atoms with Crippen molar-refractivity contribution in [3.05, 3.63) is 64.1 Å². The van der Waals surface area contributed by atoms with Crippen molar-refractivity contribution in [2.45, 2.75) is 32.2 Å². The van der Waals surface area contributed by atoms with Gasteiger partial charge in [0, 0.05) is 22.4 Å². The van der Waals surface area contributed by atoms with Crippen LogP contribution >= 0.6 is 15.9 Å². The summed E-state index contributed by atoms with van der Waals surface area (Å²) in [6.07, 6.45) is 4.53. The number of halogens is 2. The normalized spacial score (nSPS) is 12.3. The number of aryl methyl sites for hydroxylation is 1. The predicted molar refractivity (Wildman–Crippen MR) is 87.8 cm³/mol. The van der Waals surface area contributed by atoms with E-state index in [0.29, 0.717) is 6.04 Å². The molecule has 0 bridgehead atoms. The van der Waals surface area contributed by atoms with Crippen molar-refractivity contribution in [2.75, 3.05) is 6.54 Å². The minimum absolute atomic E-state index is 0.187. The average Bonchev–Trinajstić information content (AvgIpc) is 2.50. The summed E-state index contributed by atoms with van der Waals surface area (Å²) >= 11 is 3.50. The second kappa shape index (κ2) is 8.25. The Morgan fingerprint density at radius 1 is 1.29 bits per heavy atom. The van der Waals surface area contributed by atoms with E-state index in [2.05, 4.69) is 33.2 Å². The summed E-state index contributed by atoms with van der Waals surface area (Å²) in [4.78, 5) is 4.35. The zero-order valence-corrected chi connectivity index (χ0v) is 13.7. The summed E-state index contributed by atoms with van der Waals surface area (Å²) < 4.78 is 14.3. The number of hydrogen-bond donors (Lipinski definition) is 1. The van der Waals surface area contributed by atoms with Gasteiger partial charge in [0.05, 0.1) is 0 Å². The minimum Gasteiger partial charge on any atom is -0.314 e. The van der Waals surface area contributed by atoms with Gasteiger partial charge in [-0.3, -0.25) is 4.98 Å². The first kappa shape index (κ1) is 16.1. The summed E-state index contributed by atoms with van der Waals surface area (Å²) in [6, 6.07) is 11.1. The fraction of sp³-hybridized carbons (Fsp3) is 0.353. The molecule has 0 amide bonds. The Hall–Kier alpha value is -1.26. The Morgan fingerprint density at radius 2 is 2.14 bits per heavy atom. The van der Waals surface area contributed by atoms with E-state index < -0.39 is 0 Å². The van der Waals surface area contributed by atoms with E-state index in [1.807, 2.05) is 24.4 Å². The van der Waals surface area contributed by atoms with Gasteiger partial charge in [0.25, 0.3) is 0 Å². The number of benzene rings is 1. The van der Waals surface area contributed by atoms with E-state index in [1.165, 1.54) is 6.07 Å². The van der Waals surface area contributed by atoms with Crippen LogP contribution < -0.4 is 5.32 Å². The van der Waals surface area contributed by atoms with Gasteiger partial charge < -0.3 is 5.32 Å². The lowest BCUT2D eigenvalue weighted by atomic mass is 10.0. The van der Waals surface area contributed by atoms with Gasteiger partial charge in [0.15, 0.2) is 0 Å². The molecule has 4 heteroatoms. The highest BCUT2D eigenvalue weighted by atomic mass is 79.9. The van der Waals surface area contributed by atoms with Gasteiger partial charge in [-0.1, -0.05) is 28.9 Å². The minimum atomic E-state index is -0.187. The number of hydrogen-bond acceptors (Lipinski definition) is 2. The van der Waals surface area contributed by atoms with Crippen molar-refractivity contribution in [3.63, 3.8) is 0 Å². The standard InChI is InChI=1S/C17H20BrFN2/c1-2-20-16(8-7-15-5-3-4-10-21-15)12-13-11-14(19)6-9-17(13)18/h3-6,9-11,16,20H,2,7-8,12H2,1H3. The van der Waals surface area contributed by atoms with E-state index in [0.717, 1.165) is 41.5 Å². The van der Waals surface area contributed by atoms with Crippen molar-refractivity contribution in [2.24, 2.45) is 0 Å². The molecule has 1 aromatic carbocycles. The van der Waals surface area contributed by atoms with Gasteiger partial charge in [-0.25, -0.2) is 4.39 Å². The monoisotopic (exact) mass is 350 g/mol. The maximum absolute atomic E-state index is 13.4. The molecule has 1 unspecified atom stereocenters. The van der Waals surface area contributed by atoms with Crippen LogP contribution in [0.5, 0.6) is 0 Å². The molecule has 0 spiro atoms. The third kappa shape index (κ3) is 5.21. The van der Waals surface area contributed by atoms with Crippen molar-refractivity contribution in [3.8, 4) is 0 Å². The molecule has 0 fully saturated rings. The van der Waals surface area contributed by atoms with Gasteiger partial charge in [-0.05, 0) is 61.7 Å². The van der Waals surface area contributed by atoms with Gasteiger partial charge >= 0.3 is 0 Å². The number of aromatic nitrogens is 1. The number of rotatable bonds is 7. The number of pyridine rings is 1. The fourth-order valence-corrected chi connectivity index (χ4v) is 2.81. The lowest BCUT2D eigenvalue weighted by Gasteiger charge is -2.18. The number of nitrogens with zero attached hydrogens (tertiary/aromatic N) is 1. The Morgan fingerprint density at radius 3 is 2.86 bits per heavy atom. The zero-order valence-electron chi connectivity index (χ0n) is 12.2. The average molecular weight is 351 g/mol. The lowest BCUT2D eigenvalue weighted by molar-refractivity contribution is 0.487. The first-order valence-electron chi connectivity index (χ1n) is 7.26. The number of likely N-dealkylation sites (N-methyl/N-ethyl adjacent to an activating group) is 1. The number of nitrogens with one attached hydrogen (secondary N) is 1. The molecular formula is C17H20BrFN2. The summed E-state index contributed by atoms with van der Waals surface area (Å²) in [6.45, 7) is 2.99. The van der Waals surface area contributed by atoms with Crippen molar-refractivity contribution >= 4 is 15.9 Å². The molecule has 1 heterocycles. The van der Waals surface area contributed by atoms with Crippen LogP contribution in [-0.2, 0) is 12.8 Å². The summed E-state index contributed by atoms with van der Waals surface area (Å²) in [5, 5.41) is 3.48. The van der Waals surface area contributed by atoms with Crippen LogP contribution in [0.15, 0.2) is 47.1 Å². The molecule has 0 radical (unpaired) electrons. The molecule has 0 aliphatic carbocycles.